The number of aliphatic hydroxyl groups is 1. The Morgan fingerprint density at radius 2 is 1.96 bits per heavy atom. The highest BCUT2D eigenvalue weighted by Gasteiger charge is 2.54. The minimum absolute atomic E-state index is 0.0265. The molecule has 0 spiro atoms. The van der Waals surface area contributed by atoms with Crippen LogP contribution in [-0.2, 0) is 11.2 Å². The predicted octanol–water partition coefficient (Wildman–Crippen LogP) is 4.95. The first-order valence-corrected chi connectivity index (χ1v) is 10.8. The zero-order chi connectivity index (χ0) is 20.3. The van der Waals surface area contributed by atoms with Crippen LogP contribution in [0.25, 0.3) is 0 Å². The summed E-state index contributed by atoms with van der Waals surface area (Å²) in [6.45, 7) is 8.34. The van der Waals surface area contributed by atoms with Gasteiger partial charge in [-0.1, -0.05) is 27.7 Å². The Bertz CT molecular complexity index is 778. The first-order chi connectivity index (χ1) is 13.1. The molecule has 0 saturated heterocycles. The minimum Gasteiger partial charge on any atom is -0.508 e. The van der Waals surface area contributed by atoms with E-state index in [4.69, 9.17) is 4.74 Å². The Labute approximate surface area is 168 Å². The summed E-state index contributed by atoms with van der Waals surface area (Å²) >= 11 is 0. The van der Waals surface area contributed by atoms with Gasteiger partial charge in [0, 0.05) is 11.6 Å². The molecule has 4 nitrogen and oxygen atoms in total. The molecule has 3 aliphatic carbocycles. The van der Waals surface area contributed by atoms with E-state index in [9.17, 15) is 15.0 Å². The van der Waals surface area contributed by atoms with Gasteiger partial charge in [-0.15, -0.1) is 0 Å². The van der Waals surface area contributed by atoms with Crippen molar-refractivity contribution in [3.8, 4) is 11.5 Å². The van der Waals surface area contributed by atoms with Gasteiger partial charge in [0.05, 0.1) is 12.5 Å². The standard InChI is InChI=1S/C24H34O4/c1-23(2,3)13-21(27)28-19-12-15(25)11-14-5-6-16-17(22(14)19)9-10-24(4)18(16)7-8-20(24)26/h11-12,16-18,20,25-26H,5-10,13H2,1-4H3/t16-,17+,18+,20-,24+/m1/s1. The number of phenolic OH excluding ortho intramolecular Hbond substituents is 1. The number of fused-ring (bicyclic) bond motifs is 5. The zero-order valence-electron chi connectivity index (χ0n) is 17.6. The third-order valence-electron chi connectivity index (χ3n) is 7.62. The normalized spacial score (nSPS) is 34.3. The van der Waals surface area contributed by atoms with Crippen LogP contribution in [0, 0.1) is 22.7 Å². The van der Waals surface area contributed by atoms with E-state index < -0.39 is 0 Å². The molecule has 0 unspecified atom stereocenters. The minimum atomic E-state index is -0.237. The summed E-state index contributed by atoms with van der Waals surface area (Å²) in [5, 5.41) is 20.8. The van der Waals surface area contributed by atoms with Crippen LogP contribution in [0.3, 0.4) is 0 Å². The van der Waals surface area contributed by atoms with Gasteiger partial charge in [0.2, 0.25) is 0 Å². The summed E-state index contributed by atoms with van der Waals surface area (Å²) in [6, 6.07) is 3.48. The van der Waals surface area contributed by atoms with Gasteiger partial charge in [0.25, 0.3) is 0 Å². The summed E-state index contributed by atoms with van der Waals surface area (Å²) < 4.78 is 5.83. The van der Waals surface area contributed by atoms with Crippen molar-refractivity contribution in [2.45, 2.75) is 84.7 Å². The first-order valence-electron chi connectivity index (χ1n) is 10.8. The average molecular weight is 387 g/mol. The van der Waals surface area contributed by atoms with Gasteiger partial charge >= 0.3 is 5.97 Å². The number of carbonyl (C=O) groups excluding carboxylic acids is 1. The number of ether oxygens (including phenoxy) is 1. The van der Waals surface area contributed by atoms with Crippen LogP contribution in [0.5, 0.6) is 11.5 Å². The van der Waals surface area contributed by atoms with Crippen molar-refractivity contribution in [3.63, 3.8) is 0 Å². The summed E-state index contributed by atoms with van der Waals surface area (Å²) in [4.78, 5) is 12.5. The van der Waals surface area contributed by atoms with Gasteiger partial charge in [0.1, 0.15) is 11.5 Å². The molecule has 5 atom stereocenters. The van der Waals surface area contributed by atoms with Crippen LogP contribution in [0.2, 0.25) is 0 Å². The Balaban J connectivity index is 1.67. The molecule has 0 radical (unpaired) electrons. The first kappa shape index (κ1) is 19.8. The van der Waals surface area contributed by atoms with Crippen molar-refractivity contribution in [3.05, 3.63) is 23.3 Å². The molecule has 28 heavy (non-hydrogen) atoms. The third kappa shape index (κ3) is 3.34. The topological polar surface area (TPSA) is 66.8 Å². The summed E-state index contributed by atoms with van der Waals surface area (Å²) in [5.41, 5.74) is 2.16. The number of carbonyl (C=O) groups is 1. The Hall–Kier alpha value is -1.55. The van der Waals surface area contributed by atoms with E-state index in [1.165, 1.54) is 0 Å². The lowest BCUT2D eigenvalue weighted by Crippen LogP contribution is -2.44. The van der Waals surface area contributed by atoms with E-state index in [0.717, 1.165) is 49.7 Å². The molecule has 3 aliphatic rings. The second-order valence-corrected chi connectivity index (χ2v) is 10.8. The Morgan fingerprint density at radius 3 is 2.68 bits per heavy atom. The average Bonchev–Trinajstić information content (AvgIpc) is 2.87. The number of aryl methyl sites for hydroxylation is 1. The van der Waals surface area contributed by atoms with Gasteiger partial charge in [0.15, 0.2) is 0 Å². The number of hydrogen-bond acceptors (Lipinski definition) is 4. The Morgan fingerprint density at radius 1 is 1.21 bits per heavy atom. The highest BCUT2D eigenvalue weighted by atomic mass is 16.5. The zero-order valence-corrected chi connectivity index (χ0v) is 17.6. The number of phenols is 1. The van der Waals surface area contributed by atoms with Crippen LogP contribution < -0.4 is 4.74 Å². The van der Waals surface area contributed by atoms with Crippen molar-refractivity contribution >= 4 is 5.97 Å². The van der Waals surface area contributed by atoms with Gasteiger partial charge in [-0.2, -0.15) is 0 Å². The largest absolute Gasteiger partial charge is 0.508 e. The maximum absolute atomic E-state index is 12.5. The van der Waals surface area contributed by atoms with Crippen LogP contribution >= 0.6 is 0 Å². The van der Waals surface area contributed by atoms with E-state index in [2.05, 4.69) is 6.92 Å². The van der Waals surface area contributed by atoms with Crippen LogP contribution in [0.15, 0.2) is 12.1 Å². The molecule has 1 aromatic carbocycles. The smallest absolute Gasteiger partial charge is 0.311 e. The van der Waals surface area contributed by atoms with Gasteiger partial charge in [-0.25, -0.2) is 0 Å². The number of esters is 1. The third-order valence-corrected chi connectivity index (χ3v) is 7.62. The molecule has 4 rings (SSSR count). The van der Waals surface area contributed by atoms with E-state index in [0.29, 0.717) is 29.9 Å². The van der Waals surface area contributed by atoms with Crippen LogP contribution in [-0.4, -0.2) is 22.3 Å². The SMILES string of the molecule is CC(C)(C)CC(=O)Oc1cc(O)cc2c1[C@H]1CC[C@]3(C)[C@H](O)CC[C@H]3[C@@H]1CC2. The number of aliphatic hydroxyl groups excluding tert-OH is 1. The van der Waals surface area contributed by atoms with Crippen molar-refractivity contribution in [2.75, 3.05) is 0 Å². The molecular formula is C24H34O4. The maximum atomic E-state index is 12.5. The fourth-order valence-electron chi connectivity index (χ4n) is 6.32. The molecule has 0 aromatic heterocycles. The number of hydrogen-bond donors (Lipinski definition) is 2. The summed E-state index contributed by atoms with van der Waals surface area (Å²) in [5.74, 6) is 1.90. The van der Waals surface area contributed by atoms with Crippen molar-refractivity contribution in [1.82, 2.24) is 0 Å². The number of aromatic hydroxyl groups is 1. The second-order valence-electron chi connectivity index (χ2n) is 10.8. The molecule has 2 saturated carbocycles. The van der Waals surface area contributed by atoms with Crippen molar-refractivity contribution in [1.29, 1.82) is 0 Å². The van der Waals surface area contributed by atoms with Gasteiger partial charge in [-0.3, -0.25) is 4.79 Å². The number of benzene rings is 1. The van der Waals surface area contributed by atoms with Gasteiger partial charge in [-0.05, 0) is 78.7 Å². The molecule has 0 bridgehead atoms. The molecule has 1 aromatic rings. The maximum Gasteiger partial charge on any atom is 0.311 e. The van der Waals surface area contributed by atoms with Crippen LogP contribution in [0.4, 0.5) is 0 Å². The van der Waals surface area contributed by atoms with E-state index in [-0.39, 0.29) is 28.7 Å². The fourth-order valence-corrected chi connectivity index (χ4v) is 6.32. The highest BCUT2D eigenvalue weighted by molar-refractivity contribution is 5.74. The fraction of sp³-hybridized carbons (Fsp3) is 0.708. The molecule has 2 N–H and O–H groups in total. The predicted molar refractivity (Wildman–Crippen MR) is 108 cm³/mol. The van der Waals surface area contributed by atoms with Gasteiger partial charge < -0.3 is 14.9 Å². The molecule has 154 valence electrons. The molecule has 2 fully saturated rings. The van der Waals surface area contributed by atoms with Crippen LogP contribution in [0.1, 0.15) is 83.3 Å². The lowest BCUT2D eigenvalue weighted by atomic mass is 9.55. The quantitative estimate of drug-likeness (QED) is 0.557. The second kappa shape index (κ2) is 6.76. The van der Waals surface area contributed by atoms with E-state index in [1.54, 1.807) is 6.07 Å². The molecule has 0 amide bonds. The lowest BCUT2D eigenvalue weighted by Gasteiger charge is -2.50. The van der Waals surface area contributed by atoms with E-state index >= 15 is 0 Å². The Kier molecular flexibility index (Phi) is 4.77. The highest BCUT2D eigenvalue weighted by Crippen LogP contribution is 2.62. The number of rotatable bonds is 2. The summed E-state index contributed by atoms with van der Waals surface area (Å²) in [6.07, 6.45) is 6.15. The van der Waals surface area contributed by atoms with Crippen molar-refractivity contribution < 1.29 is 19.7 Å². The summed E-state index contributed by atoms with van der Waals surface area (Å²) in [7, 11) is 0. The lowest BCUT2D eigenvalue weighted by molar-refractivity contribution is -0.136. The molecule has 0 heterocycles. The van der Waals surface area contributed by atoms with Crippen molar-refractivity contribution in [2.24, 2.45) is 22.7 Å². The molecular weight excluding hydrogens is 352 g/mol. The molecule has 0 aliphatic heterocycles. The van der Waals surface area contributed by atoms with E-state index in [1.807, 2.05) is 26.8 Å². The molecule has 4 heteroatoms. The monoisotopic (exact) mass is 386 g/mol.